The molecule has 0 spiro atoms. The van der Waals surface area contributed by atoms with Crippen LogP contribution in [0.1, 0.15) is 29.8 Å². The molecule has 0 aliphatic carbocycles. The van der Waals surface area contributed by atoms with Crippen molar-refractivity contribution in [3.05, 3.63) is 17.0 Å². The number of rotatable bonds is 4. The van der Waals surface area contributed by atoms with Crippen molar-refractivity contribution >= 4 is 11.9 Å². The van der Waals surface area contributed by atoms with Crippen molar-refractivity contribution in [1.82, 2.24) is 14.7 Å². The zero-order chi connectivity index (χ0) is 14.9. The van der Waals surface area contributed by atoms with E-state index in [1.165, 1.54) is 0 Å². The van der Waals surface area contributed by atoms with Gasteiger partial charge in [0.1, 0.15) is 0 Å². The highest BCUT2D eigenvalue weighted by atomic mass is 16.4. The molecule has 1 atom stereocenters. The van der Waals surface area contributed by atoms with E-state index in [0.29, 0.717) is 32.4 Å². The lowest BCUT2D eigenvalue weighted by Gasteiger charge is -2.15. The van der Waals surface area contributed by atoms with E-state index < -0.39 is 11.9 Å². The van der Waals surface area contributed by atoms with Crippen LogP contribution in [-0.4, -0.2) is 44.8 Å². The maximum Gasteiger partial charge on any atom is 0.308 e. The van der Waals surface area contributed by atoms with Crippen LogP contribution in [-0.2, 0) is 23.1 Å². The minimum absolute atomic E-state index is 0.0383. The number of carbonyl (C=O) groups is 2. The Hall–Kier alpha value is -1.85. The van der Waals surface area contributed by atoms with Crippen LogP contribution in [0, 0.1) is 19.8 Å². The summed E-state index contributed by atoms with van der Waals surface area (Å²) in [4.78, 5) is 24.7. The Morgan fingerprint density at radius 2 is 2.10 bits per heavy atom. The molecule has 0 aromatic carbocycles. The fraction of sp³-hybridized carbons (Fsp3) is 0.643. The highest BCUT2D eigenvalue weighted by molar-refractivity contribution is 5.79. The smallest absolute Gasteiger partial charge is 0.308 e. The molecule has 1 amide bonds. The topological polar surface area (TPSA) is 75.4 Å². The van der Waals surface area contributed by atoms with Gasteiger partial charge in [0.25, 0.3) is 0 Å². The van der Waals surface area contributed by atoms with Crippen molar-refractivity contribution < 1.29 is 14.7 Å². The molecule has 6 heteroatoms. The van der Waals surface area contributed by atoms with Crippen molar-refractivity contribution in [1.29, 1.82) is 0 Å². The van der Waals surface area contributed by atoms with Crippen LogP contribution in [0.5, 0.6) is 0 Å². The maximum absolute atomic E-state index is 12.1. The molecule has 20 heavy (non-hydrogen) atoms. The summed E-state index contributed by atoms with van der Waals surface area (Å²) in [5, 5.41) is 13.3. The lowest BCUT2D eigenvalue weighted by molar-refractivity contribution is -0.141. The van der Waals surface area contributed by atoms with Gasteiger partial charge < -0.3 is 10.0 Å². The Labute approximate surface area is 118 Å². The van der Waals surface area contributed by atoms with E-state index in [4.69, 9.17) is 5.11 Å². The lowest BCUT2D eigenvalue weighted by atomic mass is 10.1. The number of aromatic nitrogens is 2. The molecule has 2 heterocycles. The van der Waals surface area contributed by atoms with Crippen molar-refractivity contribution in [3.63, 3.8) is 0 Å². The van der Waals surface area contributed by atoms with Crippen LogP contribution < -0.4 is 0 Å². The Kier molecular flexibility index (Phi) is 4.11. The van der Waals surface area contributed by atoms with Crippen molar-refractivity contribution in [2.24, 2.45) is 13.0 Å². The Bertz CT molecular complexity index is 536. The molecule has 1 aromatic rings. The largest absolute Gasteiger partial charge is 0.481 e. The third-order valence-electron chi connectivity index (χ3n) is 4.14. The standard InChI is InChI=1S/C14H21N3O3/c1-9-12(10(2)16(3)15-9)4-5-13(18)17-7-6-11(8-17)14(19)20/h11H,4-8H2,1-3H3,(H,19,20). The van der Waals surface area contributed by atoms with Gasteiger partial charge in [-0.3, -0.25) is 14.3 Å². The summed E-state index contributed by atoms with van der Waals surface area (Å²) in [5.74, 6) is -1.17. The number of aryl methyl sites for hydroxylation is 2. The number of carbonyl (C=O) groups excluding carboxylic acids is 1. The van der Waals surface area contributed by atoms with E-state index in [1.54, 1.807) is 4.90 Å². The Morgan fingerprint density at radius 1 is 1.40 bits per heavy atom. The summed E-state index contributed by atoms with van der Waals surface area (Å²) in [7, 11) is 1.89. The maximum atomic E-state index is 12.1. The fourth-order valence-electron chi connectivity index (χ4n) is 2.76. The molecule has 1 aliphatic rings. The summed E-state index contributed by atoms with van der Waals surface area (Å²) < 4.78 is 1.82. The predicted octanol–water partition coefficient (Wildman–Crippen LogP) is 0.903. The van der Waals surface area contributed by atoms with E-state index >= 15 is 0 Å². The second-order valence-electron chi connectivity index (χ2n) is 5.44. The monoisotopic (exact) mass is 279 g/mol. The van der Waals surface area contributed by atoms with E-state index in [2.05, 4.69) is 5.10 Å². The van der Waals surface area contributed by atoms with Gasteiger partial charge in [0.2, 0.25) is 5.91 Å². The third kappa shape index (κ3) is 2.84. The third-order valence-corrected chi connectivity index (χ3v) is 4.14. The van der Waals surface area contributed by atoms with Crippen molar-refractivity contribution in [2.45, 2.75) is 33.1 Å². The van der Waals surface area contributed by atoms with Crippen LogP contribution in [0.3, 0.4) is 0 Å². The number of amides is 1. The van der Waals surface area contributed by atoms with Gasteiger partial charge in [-0.2, -0.15) is 5.10 Å². The molecule has 6 nitrogen and oxygen atoms in total. The number of carboxylic acid groups (broad SMARTS) is 1. The van der Waals surface area contributed by atoms with Crippen molar-refractivity contribution in [3.8, 4) is 0 Å². The van der Waals surface area contributed by atoms with E-state index in [1.807, 2.05) is 25.6 Å². The molecule has 2 rings (SSSR count). The normalized spacial score (nSPS) is 18.6. The minimum Gasteiger partial charge on any atom is -0.481 e. The van der Waals surface area contributed by atoms with Gasteiger partial charge in [0, 0.05) is 32.3 Å². The zero-order valence-electron chi connectivity index (χ0n) is 12.2. The first kappa shape index (κ1) is 14.6. The lowest BCUT2D eigenvalue weighted by Crippen LogP contribution is -2.30. The Morgan fingerprint density at radius 3 is 2.60 bits per heavy atom. The van der Waals surface area contributed by atoms with Crippen LogP contribution in [0.25, 0.3) is 0 Å². The number of hydrogen-bond donors (Lipinski definition) is 1. The van der Waals surface area contributed by atoms with Gasteiger partial charge in [0.05, 0.1) is 11.6 Å². The predicted molar refractivity (Wildman–Crippen MR) is 73.3 cm³/mol. The molecule has 0 bridgehead atoms. The Balaban J connectivity index is 1.91. The first-order valence-electron chi connectivity index (χ1n) is 6.89. The summed E-state index contributed by atoms with van der Waals surface area (Å²) in [6.45, 7) is 4.85. The number of carboxylic acids is 1. The second-order valence-corrected chi connectivity index (χ2v) is 5.44. The summed E-state index contributed by atoms with van der Waals surface area (Å²) in [6, 6.07) is 0. The van der Waals surface area contributed by atoms with Crippen LogP contribution >= 0.6 is 0 Å². The summed E-state index contributed by atoms with van der Waals surface area (Å²) in [6.07, 6.45) is 1.64. The minimum atomic E-state index is -0.806. The van der Waals surface area contributed by atoms with Crippen LogP contribution in [0.4, 0.5) is 0 Å². The number of aliphatic carboxylic acids is 1. The second kappa shape index (κ2) is 5.64. The van der Waals surface area contributed by atoms with E-state index in [9.17, 15) is 9.59 Å². The first-order chi connectivity index (χ1) is 9.40. The van der Waals surface area contributed by atoms with Gasteiger partial charge in [-0.05, 0) is 32.3 Å². The zero-order valence-corrected chi connectivity index (χ0v) is 12.2. The fourth-order valence-corrected chi connectivity index (χ4v) is 2.76. The molecule has 1 N–H and O–H groups in total. The summed E-state index contributed by atoms with van der Waals surface area (Å²) >= 11 is 0. The highest BCUT2D eigenvalue weighted by Gasteiger charge is 2.30. The van der Waals surface area contributed by atoms with E-state index in [0.717, 1.165) is 17.0 Å². The number of likely N-dealkylation sites (tertiary alicyclic amines) is 1. The van der Waals surface area contributed by atoms with Crippen molar-refractivity contribution in [2.75, 3.05) is 13.1 Å². The van der Waals surface area contributed by atoms with Gasteiger partial charge in [-0.25, -0.2) is 0 Å². The average Bonchev–Trinajstić information content (AvgIpc) is 2.95. The highest BCUT2D eigenvalue weighted by Crippen LogP contribution is 2.19. The molecule has 1 aliphatic heterocycles. The molecule has 0 radical (unpaired) electrons. The van der Waals surface area contributed by atoms with Gasteiger partial charge in [-0.15, -0.1) is 0 Å². The molecule has 1 fully saturated rings. The molecule has 1 saturated heterocycles. The molecule has 1 aromatic heterocycles. The number of hydrogen-bond acceptors (Lipinski definition) is 3. The number of nitrogens with zero attached hydrogens (tertiary/aromatic N) is 3. The average molecular weight is 279 g/mol. The molecule has 1 unspecified atom stereocenters. The van der Waals surface area contributed by atoms with E-state index in [-0.39, 0.29) is 5.91 Å². The van der Waals surface area contributed by atoms with Gasteiger partial charge in [0.15, 0.2) is 0 Å². The van der Waals surface area contributed by atoms with Crippen LogP contribution in [0.2, 0.25) is 0 Å². The first-order valence-corrected chi connectivity index (χ1v) is 6.89. The van der Waals surface area contributed by atoms with Crippen LogP contribution in [0.15, 0.2) is 0 Å². The molecular formula is C14H21N3O3. The molecular weight excluding hydrogens is 258 g/mol. The van der Waals surface area contributed by atoms with Gasteiger partial charge >= 0.3 is 5.97 Å². The molecule has 110 valence electrons. The quantitative estimate of drug-likeness (QED) is 0.888. The SMILES string of the molecule is Cc1nn(C)c(C)c1CCC(=O)N1CCC(C(=O)O)C1. The summed E-state index contributed by atoms with van der Waals surface area (Å²) in [5.41, 5.74) is 3.16. The molecule has 0 saturated carbocycles. The van der Waals surface area contributed by atoms with Gasteiger partial charge in [-0.1, -0.05) is 0 Å².